The van der Waals surface area contributed by atoms with Crippen molar-refractivity contribution in [3.8, 4) is 5.75 Å². The maximum absolute atomic E-state index is 12.5. The first kappa shape index (κ1) is 16.8. The highest BCUT2D eigenvalue weighted by Gasteiger charge is 2.33. The molecule has 0 saturated carbocycles. The fourth-order valence-corrected chi connectivity index (χ4v) is 2.94. The number of piperazine rings is 1. The summed E-state index contributed by atoms with van der Waals surface area (Å²) in [6.45, 7) is 11.7. The monoisotopic (exact) mass is 304 g/mol. The van der Waals surface area contributed by atoms with Gasteiger partial charge in [-0.3, -0.25) is 9.69 Å². The van der Waals surface area contributed by atoms with Gasteiger partial charge in [0.05, 0.1) is 7.11 Å². The van der Waals surface area contributed by atoms with Gasteiger partial charge < -0.3 is 9.64 Å². The molecule has 22 heavy (non-hydrogen) atoms. The highest BCUT2D eigenvalue weighted by Crippen LogP contribution is 2.22. The summed E-state index contributed by atoms with van der Waals surface area (Å²) >= 11 is 0. The standard InChI is InChI=1S/C18H28N2O2/c1-14-12-19(9-10-20(14)17(21)18(2,3)4)13-15-7-6-8-16(11-15)22-5/h6-8,11,14H,9-10,12-13H2,1-5H3/t14-/m0/s1. The number of hydrogen-bond donors (Lipinski definition) is 0. The fraction of sp³-hybridized carbons (Fsp3) is 0.611. The molecule has 0 radical (unpaired) electrons. The van der Waals surface area contributed by atoms with Gasteiger partial charge in [0.2, 0.25) is 5.91 Å². The summed E-state index contributed by atoms with van der Waals surface area (Å²) in [6, 6.07) is 8.45. The van der Waals surface area contributed by atoms with E-state index in [9.17, 15) is 4.79 Å². The quantitative estimate of drug-likeness (QED) is 0.861. The summed E-state index contributed by atoms with van der Waals surface area (Å²) < 4.78 is 5.28. The zero-order valence-electron chi connectivity index (χ0n) is 14.4. The van der Waals surface area contributed by atoms with Crippen LogP contribution in [0.4, 0.5) is 0 Å². The third kappa shape index (κ3) is 4.01. The van der Waals surface area contributed by atoms with Gasteiger partial charge in [0.25, 0.3) is 0 Å². The van der Waals surface area contributed by atoms with Gasteiger partial charge >= 0.3 is 0 Å². The number of carbonyl (C=O) groups is 1. The molecule has 1 heterocycles. The van der Waals surface area contributed by atoms with E-state index in [2.05, 4.69) is 24.0 Å². The number of nitrogens with zero attached hydrogens (tertiary/aromatic N) is 2. The van der Waals surface area contributed by atoms with E-state index in [1.807, 2.05) is 37.8 Å². The summed E-state index contributed by atoms with van der Waals surface area (Å²) in [5.41, 5.74) is 0.950. The molecule has 2 rings (SSSR count). The molecule has 1 atom stereocenters. The van der Waals surface area contributed by atoms with Gasteiger partial charge in [-0.1, -0.05) is 32.9 Å². The van der Waals surface area contributed by atoms with Crippen LogP contribution in [0.5, 0.6) is 5.75 Å². The topological polar surface area (TPSA) is 32.8 Å². The lowest BCUT2D eigenvalue weighted by Crippen LogP contribution is -2.56. The van der Waals surface area contributed by atoms with Crippen molar-refractivity contribution in [1.82, 2.24) is 9.80 Å². The van der Waals surface area contributed by atoms with Crippen LogP contribution in [-0.2, 0) is 11.3 Å². The Hall–Kier alpha value is -1.55. The predicted octanol–water partition coefficient (Wildman–Crippen LogP) is 2.77. The van der Waals surface area contributed by atoms with Gasteiger partial charge in [-0.25, -0.2) is 0 Å². The van der Waals surface area contributed by atoms with E-state index in [0.717, 1.165) is 31.9 Å². The third-order valence-corrected chi connectivity index (χ3v) is 4.15. The maximum Gasteiger partial charge on any atom is 0.228 e. The van der Waals surface area contributed by atoms with Crippen molar-refractivity contribution in [3.63, 3.8) is 0 Å². The van der Waals surface area contributed by atoms with E-state index in [1.54, 1.807) is 7.11 Å². The lowest BCUT2D eigenvalue weighted by Gasteiger charge is -2.42. The van der Waals surface area contributed by atoms with Crippen molar-refractivity contribution in [2.75, 3.05) is 26.7 Å². The third-order valence-electron chi connectivity index (χ3n) is 4.15. The molecule has 0 N–H and O–H groups in total. The number of carbonyl (C=O) groups excluding carboxylic acids is 1. The molecule has 1 aromatic rings. The second-order valence-corrected chi connectivity index (χ2v) is 7.18. The Morgan fingerprint density at radius 3 is 2.64 bits per heavy atom. The normalized spacial score (nSPS) is 20.0. The molecular formula is C18H28N2O2. The van der Waals surface area contributed by atoms with Crippen molar-refractivity contribution in [2.24, 2.45) is 5.41 Å². The van der Waals surface area contributed by atoms with Crippen LogP contribution in [0.2, 0.25) is 0 Å². The van der Waals surface area contributed by atoms with Crippen LogP contribution in [0.15, 0.2) is 24.3 Å². The molecule has 1 aliphatic rings. The molecule has 1 saturated heterocycles. The van der Waals surface area contributed by atoms with Crippen LogP contribution in [-0.4, -0.2) is 48.5 Å². The van der Waals surface area contributed by atoms with E-state index < -0.39 is 0 Å². The first-order valence-corrected chi connectivity index (χ1v) is 7.97. The minimum atomic E-state index is -0.302. The average Bonchev–Trinajstić information content (AvgIpc) is 2.46. The average molecular weight is 304 g/mol. The SMILES string of the molecule is COc1cccc(CN2CCN(C(=O)C(C)(C)C)[C@@H](C)C2)c1. The Kier molecular flexibility index (Phi) is 5.12. The number of rotatable bonds is 3. The Bertz CT molecular complexity index is 522. The lowest BCUT2D eigenvalue weighted by molar-refractivity contribution is -0.144. The van der Waals surface area contributed by atoms with E-state index in [0.29, 0.717) is 0 Å². The fourth-order valence-electron chi connectivity index (χ4n) is 2.94. The molecule has 0 aromatic heterocycles. The summed E-state index contributed by atoms with van der Waals surface area (Å²) in [7, 11) is 1.69. The van der Waals surface area contributed by atoms with Crippen LogP contribution in [0.3, 0.4) is 0 Å². The molecule has 4 heteroatoms. The smallest absolute Gasteiger partial charge is 0.228 e. The summed E-state index contributed by atoms with van der Waals surface area (Å²) in [6.07, 6.45) is 0. The van der Waals surface area contributed by atoms with Crippen molar-refractivity contribution in [1.29, 1.82) is 0 Å². The van der Waals surface area contributed by atoms with E-state index >= 15 is 0 Å². The van der Waals surface area contributed by atoms with Crippen LogP contribution in [0.25, 0.3) is 0 Å². The first-order valence-electron chi connectivity index (χ1n) is 7.97. The minimum Gasteiger partial charge on any atom is -0.497 e. The number of methoxy groups -OCH3 is 1. The zero-order chi connectivity index (χ0) is 16.3. The Balaban J connectivity index is 1.96. The van der Waals surface area contributed by atoms with E-state index in [4.69, 9.17) is 4.74 Å². The molecule has 1 aromatic carbocycles. The van der Waals surface area contributed by atoms with Gasteiger partial charge in [-0.05, 0) is 24.6 Å². The van der Waals surface area contributed by atoms with Crippen molar-refractivity contribution in [2.45, 2.75) is 40.3 Å². The molecule has 0 bridgehead atoms. The molecule has 0 spiro atoms. The second-order valence-electron chi connectivity index (χ2n) is 7.18. The highest BCUT2D eigenvalue weighted by atomic mass is 16.5. The molecule has 1 amide bonds. The van der Waals surface area contributed by atoms with Gasteiger partial charge in [0, 0.05) is 37.6 Å². The van der Waals surface area contributed by atoms with Crippen molar-refractivity contribution < 1.29 is 9.53 Å². The molecule has 1 fully saturated rings. The molecule has 0 unspecified atom stereocenters. The van der Waals surface area contributed by atoms with Crippen LogP contribution < -0.4 is 4.74 Å². The number of ether oxygens (including phenoxy) is 1. The van der Waals surface area contributed by atoms with Crippen LogP contribution in [0, 0.1) is 5.41 Å². The van der Waals surface area contributed by atoms with E-state index in [-0.39, 0.29) is 17.4 Å². The van der Waals surface area contributed by atoms with Gasteiger partial charge in [0.1, 0.15) is 5.75 Å². The molecule has 4 nitrogen and oxygen atoms in total. The molecule has 0 aliphatic carbocycles. The Labute approximate surface area is 134 Å². The second kappa shape index (κ2) is 6.69. The van der Waals surface area contributed by atoms with Crippen LogP contribution >= 0.6 is 0 Å². The highest BCUT2D eigenvalue weighted by molar-refractivity contribution is 5.81. The molecule has 1 aliphatic heterocycles. The van der Waals surface area contributed by atoms with Gasteiger partial charge in [-0.15, -0.1) is 0 Å². The number of benzene rings is 1. The van der Waals surface area contributed by atoms with E-state index in [1.165, 1.54) is 5.56 Å². The van der Waals surface area contributed by atoms with Gasteiger partial charge in [-0.2, -0.15) is 0 Å². The summed E-state index contributed by atoms with van der Waals surface area (Å²) in [5.74, 6) is 1.15. The molecule has 122 valence electrons. The number of amides is 1. The lowest BCUT2D eigenvalue weighted by atomic mass is 9.93. The predicted molar refractivity (Wildman–Crippen MR) is 88.9 cm³/mol. The number of hydrogen-bond acceptors (Lipinski definition) is 3. The largest absolute Gasteiger partial charge is 0.497 e. The molecular weight excluding hydrogens is 276 g/mol. The summed E-state index contributed by atoms with van der Waals surface area (Å²) in [5, 5.41) is 0. The van der Waals surface area contributed by atoms with Crippen LogP contribution in [0.1, 0.15) is 33.3 Å². The zero-order valence-corrected chi connectivity index (χ0v) is 14.4. The first-order chi connectivity index (χ1) is 10.3. The Morgan fingerprint density at radius 1 is 1.32 bits per heavy atom. The van der Waals surface area contributed by atoms with Crippen molar-refractivity contribution in [3.05, 3.63) is 29.8 Å². The Morgan fingerprint density at radius 2 is 2.05 bits per heavy atom. The van der Waals surface area contributed by atoms with Gasteiger partial charge in [0.15, 0.2) is 0 Å². The van der Waals surface area contributed by atoms with Crippen molar-refractivity contribution >= 4 is 5.91 Å². The minimum absolute atomic E-state index is 0.251. The maximum atomic E-state index is 12.5. The summed E-state index contributed by atoms with van der Waals surface area (Å²) in [4.78, 5) is 16.9.